The molecule has 0 saturated heterocycles. The first-order valence-electron chi connectivity index (χ1n) is 5.61. The van der Waals surface area contributed by atoms with Gasteiger partial charge >= 0.3 is 11.8 Å². The smallest absolute Gasteiger partial charge is 0.316 e. The van der Waals surface area contributed by atoms with Crippen molar-refractivity contribution >= 4 is 23.5 Å². The number of aryl methyl sites for hydroxylation is 2. The Morgan fingerprint density at radius 2 is 1.89 bits per heavy atom. The Labute approximate surface area is 109 Å². The number of benzene rings is 1. The van der Waals surface area contributed by atoms with Gasteiger partial charge in [0, 0.05) is 5.69 Å². The van der Waals surface area contributed by atoms with Gasteiger partial charge in [-0.2, -0.15) is 10.1 Å². The maximum atomic E-state index is 11.7. The normalized spacial score (nSPS) is 10.0. The minimum absolute atomic E-state index is 0.126. The number of carbonyl (C=O) groups is 2. The quantitative estimate of drug-likeness (QED) is 0.700. The number of hydrogen-bond acceptors (Lipinski definition) is 4. The molecule has 1 aromatic carbocycles. The van der Waals surface area contributed by atoms with Gasteiger partial charge in [0.25, 0.3) is 0 Å². The van der Waals surface area contributed by atoms with E-state index in [0.29, 0.717) is 5.69 Å². The minimum Gasteiger partial charge on any atom is -0.318 e. The summed E-state index contributed by atoms with van der Waals surface area (Å²) in [6, 6.07) is 5.61. The Kier molecular flexibility index (Phi) is 3.56. The molecular formula is C12H13N5O2. The summed E-state index contributed by atoms with van der Waals surface area (Å²) in [7, 11) is 0. The van der Waals surface area contributed by atoms with Gasteiger partial charge in [-0.1, -0.05) is 12.1 Å². The molecule has 2 rings (SSSR count). The molecule has 0 atom stereocenters. The van der Waals surface area contributed by atoms with Crippen LogP contribution in [0.15, 0.2) is 24.5 Å². The van der Waals surface area contributed by atoms with E-state index in [1.807, 2.05) is 26.0 Å². The summed E-state index contributed by atoms with van der Waals surface area (Å²) in [5.74, 6) is -1.44. The number of rotatable bonds is 2. The van der Waals surface area contributed by atoms with Crippen molar-refractivity contribution in [2.24, 2.45) is 0 Å². The van der Waals surface area contributed by atoms with Crippen LogP contribution in [0.5, 0.6) is 0 Å². The Morgan fingerprint density at radius 3 is 2.58 bits per heavy atom. The van der Waals surface area contributed by atoms with Gasteiger partial charge in [0.2, 0.25) is 5.95 Å². The lowest BCUT2D eigenvalue weighted by molar-refractivity contribution is -0.133. The van der Waals surface area contributed by atoms with E-state index in [2.05, 4.69) is 25.8 Å². The number of aromatic nitrogens is 3. The van der Waals surface area contributed by atoms with Gasteiger partial charge in [0.15, 0.2) is 0 Å². The van der Waals surface area contributed by atoms with Gasteiger partial charge in [0.1, 0.15) is 6.33 Å². The van der Waals surface area contributed by atoms with E-state index in [0.717, 1.165) is 11.1 Å². The molecule has 0 aliphatic heterocycles. The third kappa shape index (κ3) is 3.15. The highest BCUT2D eigenvalue weighted by atomic mass is 16.2. The molecule has 1 heterocycles. The van der Waals surface area contributed by atoms with E-state index >= 15 is 0 Å². The van der Waals surface area contributed by atoms with Crippen molar-refractivity contribution < 1.29 is 9.59 Å². The monoisotopic (exact) mass is 259 g/mol. The number of nitrogens with zero attached hydrogens (tertiary/aromatic N) is 2. The van der Waals surface area contributed by atoms with Crippen LogP contribution in [-0.2, 0) is 9.59 Å². The van der Waals surface area contributed by atoms with Gasteiger partial charge in [-0.25, -0.2) is 5.10 Å². The average Bonchev–Trinajstić information content (AvgIpc) is 2.86. The molecule has 0 spiro atoms. The summed E-state index contributed by atoms with van der Waals surface area (Å²) < 4.78 is 0. The summed E-state index contributed by atoms with van der Waals surface area (Å²) in [6.45, 7) is 3.76. The van der Waals surface area contributed by atoms with E-state index in [-0.39, 0.29) is 5.95 Å². The number of H-pyrrole nitrogens is 1. The van der Waals surface area contributed by atoms with Crippen LogP contribution in [-0.4, -0.2) is 27.0 Å². The Morgan fingerprint density at radius 1 is 1.16 bits per heavy atom. The van der Waals surface area contributed by atoms with Crippen molar-refractivity contribution in [3.63, 3.8) is 0 Å². The highest BCUT2D eigenvalue weighted by Crippen LogP contribution is 2.16. The zero-order chi connectivity index (χ0) is 13.8. The largest absolute Gasteiger partial charge is 0.318 e. The molecule has 19 heavy (non-hydrogen) atoms. The molecule has 0 fully saturated rings. The number of amides is 2. The van der Waals surface area contributed by atoms with Gasteiger partial charge in [-0.15, -0.1) is 0 Å². The summed E-state index contributed by atoms with van der Waals surface area (Å²) in [4.78, 5) is 27.0. The first-order valence-corrected chi connectivity index (χ1v) is 5.61. The zero-order valence-electron chi connectivity index (χ0n) is 10.5. The van der Waals surface area contributed by atoms with Gasteiger partial charge in [-0.05, 0) is 31.0 Å². The molecule has 0 saturated carbocycles. The Bertz CT molecular complexity index is 607. The predicted molar refractivity (Wildman–Crippen MR) is 69.6 cm³/mol. The number of aromatic amines is 1. The lowest BCUT2D eigenvalue weighted by atomic mass is 10.1. The van der Waals surface area contributed by atoms with Crippen molar-refractivity contribution in [2.75, 3.05) is 10.6 Å². The molecule has 2 amide bonds. The Hall–Kier alpha value is -2.70. The highest BCUT2D eigenvalue weighted by Gasteiger charge is 2.15. The van der Waals surface area contributed by atoms with E-state index in [4.69, 9.17) is 0 Å². The van der Waals surface area contributed by atoms with E-state index < -0.39 is 11.8 Å². The van der Waals surface area contributed by atoms with Gasteiger partial charge < -0.3 is 5.32 Å². The number of anilines is 2. The molecule has 98 valence electrons. The highest BCUT2D eigenvalue weighted by molar-refractivity contribution is 6.43. The fourth-order valence-electron chi connectivity index (χ4n) is 1.48. The third-order valence-electron chi connectivity index (χ3n) is 2.49. The van der Waals surface area contributed by atoms with Crippen molar-refractivity contribution in [2.45, 2.75) is 13.8 Å². The molecule has 2 aromatic rings. The van der Waals surface area contributed by atoms with Crippen LogP contribution in [0, 0.1) is 13.8 Å². The maximum Gasteiger partial charge on any atom is 0.316 e. The van der Waals surface area contributed by atoms with Gasteiger partial charge in [0.05, 0.1) is 0 Å². The predicted octanol–water partition coefficient (Wildman–Crippen LogP) is 0.999. The summed E-state index contributed by atoms with van der Waals surface area (Å²) in [5.41, 5.74) is 2.49. The van der Waals surface area contributed by atoms with Crippen molar-refractivity contribution in [1.29, 1.82) is 0 Å². The van der Waals surface area contributed by atoms with Crippen LogP contribution in [0.1, 0.15) is 11.1 Å². The lowest BCUT2D eigenvalue weighted by Crippen LogP contribution is -2.29. The van der Waals surface area contributed by atoms with Crippen LogP contribution in [0.4, 0.5) is 11.6 Å². The van der Waals surface area contributed by atoms with Crippen LogP contribution in [0.25, 0.3) is 0 Å². The molecule has 7 heteroatoms. The topological polar surface area (TPSA) is 99.8 Å². The second-order valence-electron chi connectivity index (χ2n) is 4.06. The summed E-state index contributed by atoms with van der Waals surface area (Å²) in [5, 5.41) is 10.8. The maximum absolute atomic E-state index is 11.7. The van der Waals surface area contributed by atoms with Crippen molar-refractivity contribution in [1.82, 2.24) is 15.2 Å². The zero-order valence-corrected chi connectivity index (χ0v) is 10.5. The summed E-state index contributed by atoms with van der Waals surface area (Å²) in [6.07, 6.45) is 1.23. The summed E-state index contributed by atoms with van der Waals surface area (Å²) >= 11 is 0. The molecule has 0 bridgehead atoms. The fourth-order valence-corrected chi connectivity index (χ4v) is 1.48. The molecule has 7 nitrogen and oxygen atoms in total. The molecule has 3 N–H and O–H groups in total. The van der Waals surface area contributed by atoms with E-state index in [1.54, 1.807) is 6.07 Å². The standard InChI is InChI=1S/C12H13N5O2/c1-7-3-4-8(2)9(5-7)15-10(18)11(19)16-12-13-6-14-17-12/h3-6H,1-2H3,(H,15,18)(H2,13,14,16,17,19). The fraction of sp³-hybridized carbons (Fsp3) is 0.167. The number of carbonyl (C=O) groups excluding carboxylic acids is 2. The van der Waals surface area contributed by atoms with Crippen LogP contribution < -0.4 is 10.6 Å². The average molecular weight is 259 g/mol. The van der Waals surface area contributed by atoms with Crippen molar-refractivity contribution in [3.05, 3.63) is 35.7 Å². The minimum atomic E-state index is -0.808. The SMILES string of the molecule is Cc1ccc(C)c(NC(=O)C(=O)Nc2ncn[nH]2)c1. The second-order valence-corrected chi connectivity index (χ2v) is 4.06. The van der Waals surface area contributed by atoms with Crippen molar-refractivity contribution in [3.8, 4) is 0 Å². The van der Waals surface area contributed by atoms with Crippen LogP contribution in [0.3, 0.4) is 0 Å². The molecule has 0 aliphatic rings. The van der Waals surface area contributed by atoms with Crippen LogP contribution >= 0.6 is 0 Å². The first-order chi connectivity index (χ1) is 9.06. The second kappa shape index (κ2) is 5.30. The Balaban J connectivity index is 2.04. The first kappa shape index (κ1) is 12.7. The molecular weight excluding hydrogens is 246 g/mol. The molecule has 0 unspecified atom stereocenters. The van der Waals surface area contributed by atoms with E-state index in [1.165, 1.54) is 6.33 Å². The molecule has 0 radical (unpaired) electrons. The van der Waals surface area contributed by atoms with Gasteiger partial charge in [-0.3, -0.25) is 14.9 Å². The van der Waals surface area contributed by atoms with Crippen LogP contribution in [0.2, 0.25) is 0 Å². The molecule has 0 aliphatic carbocycles. The van der Waals surface area contributed by atoms with E-state index in [9.17, 15) is 9.59 Å². The number of nitrogens with one attached hydrogen (secondary N) is 3. The third-order valence-corrected chi connectivity index (χ3v) is 2.49. The number of hydrogen-bond donors (Lipinski definition) is 3. The molecule has 1 aromatic heterocycles. The lowest BCUT2D eigenvalue weighted by Gasteiger charge is -2.08.